The van der Waals surface area contributed by atoms with Crippen molar-refractivity contribution in [2.75, 3.05) is 7.05 Å². The topological polar surface area (TPSA) is 21.1 Å². The number of hydrogen-bond acceptors (Lipinski definition) is 2. The Morgan fingerprint density at radius 3 is 2.73 bits per heavy atom. The molecule has 0 N–H and O–H groups in total. The Morgan fingerprint density at radius 2 is 1.92 bits per heavy atom. The zero-order valence-corrected chi connectivity index (χ0v) is 16.0. The number of pyridine rings is 1. The van der Waals surface area contributed by atoms with Crippen LogP contribution in [0.2, 0.25) is 0 Å². The molecule has 4 heterocycles. The van der Waals surface area contributed by atoms with Gasteiger partial charge in [0.05, 0.1) is 6.04 Å². The van der Waals surface area contributed by atoms with Crippen molar-refractivity contribution >= 4 is 10.9 Å². The molecular formula is C23H27N3. The molecule has 0 saturated carbocycles. The third-order valence-corrected chi connectivity index (χ3v) is 6.48. The molecule has 134 valence electrons. The number of fused-ring (bicyclic) bond motifs is 7. The number of aromatic nitrogens is 2. The minimum Gasteiger partial charge on any atom is -0.342 e. The van der Waals surface area contributed by atoms with E-state index in [4.69, 9.17) is 0 Å². The lowest BCUT2D eigenvalue weighted by Gasteiger charge is -2.32. The molecule has 3 heteroatoms. The van der Waals surface area contributed by atoms with Gasteiger partial charge < -0.3 is 4.57 Å². The normalized spacial score (nSPS) is 22.1. The summed E-state index contributed by atoms with van der Waals surface area (Å²) in [5.41, 5.74) is 8.42. The first-order valence-electron chi connectivity index (χ1n) is 9.89. The van der Waals surface area contributed by atoms with Gasteiger partial charge in [0.15, 0.2) is 0 Å². The van der Waals surface area contributed by atoms with Crippen LogP contribution in [-0.4, -0.2) is 21.5 Å². The van der Waals surface area contributed by atoms with Gasteiger partial charge in [-0.3, -0.25) is 9.88 Å². The third kappa shape index (κ3) is 2.34. The molecule has 0 amide bonds. The highest BCUT2D eigenvalue weighted by Gasteiger charge is 2.42. The fourth-order valence-electron chi connectivity index (χ4n) is 5.16. The molecule has 1 aromatic carbocycles. The number of benzene rings is 1. The van der Waals surface area contributed by atoms with E-state index in [1.165, 1.54) is 41.3 Å². The van der Waals surface area contributed by atoms with E-state index < -0.39 is 0 Å². The lowest BCUT2D eigenvalue weighted by atomic mass is 9.99. The van der Waals surface area contributed by atoms with Crippen molar-refractivity contribution in [1.29, 1.82) is 0 Å². The predicted octanol–water partition coefficient (Wildman–Crippen LogP) is 5.11. The lowest BCUT2D eigenvalue weighted by Crippen LogP contribution is -2.27. The number of piperidine rings is 1. The molecule has 2 unspecified atom stereocenters. The summed E-state index contributed by atoms with van der Waals surface area (Å²) in [6.45, 7) is 5.30. The van der Waals surface area contributed by atoms with Crippen LogP contribution in [-0.2, 0) is 13.0 Å². The molecule has 26 heavy (non-hydrogen) atoms. The first-order chi connectivity index (χ1) is 12.6. The maximum Gasteiger partial charge on any atom is 0.0507 e. The van der Waals surface area contributed by atoms with Gasteiger partial charge in [0.1, 0.15) is 0 Å². The van der Waals surface area contributed by atoms with Crippen LogP contribution in [0, 0.1) is 13.8 Å². The zero-order chi connectivity index (χ0) is 17.8. The standard InChI is InChI=1S/C23H27N3/c1-15-7-10-19-18(13-15)22-20-5-4-6-21(25(20)3)23(22)26(19)12-11-17-9-8-16(2)24-14-17/h7-10,13-14,20-21H,4-6,11-12H2,1-3H3. The second-order valence-electron chi connectivity index (χ2n) is 8.16. The molecule has 2 atom stereocenters. The zero-order valence-electron chi connectivity index (χ0n) is 16.0. The Bertz CT molecular complexity index is 967. The Morgan fingerprint density at radius 1 is 1.08 bits per heavy atom. The highest BCUT2D eigenvalue weighted by atomic mass is 15.2. The molecule has 0 spiro atoms. The maximum atomic E-state index is 4.47. The van der Waals surface area contributed by atoms with Gasteiger partial charge in [0, 0.05) is 41.1 Å². The van der Waals surface area contributed by atoms with E-state index in [1.54, 1.807) is 11.3 Å². The van der Waals surface area contributed by atoms with Gasteiger partial charge in [0.2, 0.25) is 0 Å². The van der Waals surface area contributed by atoms with Gasteiger partial charge in [-0.15, -0.1) is 0 Å². The Labute approximate surface area is 155 Å². The summed E-state index contributed by atoms with van der Waals surface area (Å²) in [5, 5.41) is 1.49. The molecule has 2 aromatic heterocycles. The van der Waals surface area contributed by atoms with Crippen LogP contribution in [0.25, 0.3) is 10.9 Å². The van der Waals surface area contributed by atoms with Gasteiger partial charge in [-0.25, -0.2) is 0 Å². The van der Waals surface area contributed by atoms with Crippen LogP contribution in [0.15, 0.2) is 36.5 Å². The van der Waals surface area contributed by atoms with Crippen molar-refractivity contribution in [3.63, 3.8) is 0 Å². The first kappa shape index (κ1) is 16.1. The molecule has 0 radical (unpaired) electrons. The minimum absolute atomic E-state index is 0.590. The summed E-state index contributed by atoms with van der Waals surface area (Å²) in [5.74, 6) is 0. The van der Waals surface area contributed by atoms with E-state index in [2.05, 4.69) is 65.7 Å². The fourth-order valence-corrected chi connectivity index (χ4v) is 5.16. The molecule has 3 aromatic rings. The summed E-state index contributed by atoms with van der Waals surface area (Å²) in [6.07, 6.45) is 7.02. The van der Waals surface area contributed by atoms with Gasteiger partial charge in [-0.1, -0.05) is 17.7 Å². The van der Waals surface area contributed by atoms with Gasteiger partial charge in [-0.05, 0) is 75.9 Å². The quantitative estimate of drug-likeness (QED) is 0.658. The summed E-state index contributed by atoms with van der Waals surface area (Å²) >= 11 is 0. The summed E-state index contributed by atoms with van der Waals surface area (Å²) in [6, 6.07) is 12.6. The van der Waals surface area contributed by atoms with Gasteiger partial charge in [0.25, 0.3) is 0 Å². The molecule has 2 aliphatic heterocycles. The summed E-state index contributed by atoms with van der Waals surface area (Å²) < 4.78 is 2.62. The largest absolute Gasteiger partial charge is 0.342 e. The van der Waals surface area contributed by atoms with E-state index in [0.717, 1.165) is 18.7 Å². The number of aryl methyl sites for hydroxylation is 4. The molecule has 1 fully saturated rings. The van der Waals surface area contributed by atoms with Crippen molar-refractivity contribution in [1.82, 2.24) is 14.5 Å². The van der Waals surface area contributed by atoms with Crippen molar-refractivity contribution in [3.8, 4) is 0 Å². The van der Waals surface area contributed by atoms with Crippen molar-refractivity contribution in [3.05, 3.63) is 64.6 Å². The average Bonchev–Trinajstić information content (AvgIpc) is 2.99. The Hall–Kier alpha value is -2.13. The third-order valence-electron chi connectivity index (χ3n) is 6.48. The lowest BCUT2D eigenvalue weighted by molar-refractivity contribution is 0.142. The van der Waals surface area contributed by atoms with E-state index in [1.807, 2.05) is 6.20 Å². The van der Waals surface area contributed by atoms with Gasteiger partial charge >= 0.3 is 0 Å². The number of nitrogens with zero attached hydrogens (tertiary/aromatic N) is 3. The number of hydrogen-bond donors (Lipinski definition) is 0. The van der Waals surface area contributed by atoms with Crippen LogP contribution < -0.4 is 0 Å². The molecular weight excluding hydrogens is 318 g/mol. The SMILES string of the molecule is Cc1ccc2c(c1)c1c(n2CCc2ccc(C)nc2)C2CCCC1N2C. The first-order valence-corrected chi connectivity index (χ1v) is 9.89. The minimum atomic E-state index is 0.590. The Balaban J connectivity index is 1.61. The highest BCUT2D eigenvalue weighted by molar-refractivity contribution is 5.88. The second-order valence-corrected chi connectivity index (χ2v) is 8.16. The molecule has 5 rings (SSSR count). The molecule has 2 aliphatic rings. The average molecular weight is 345 g/mol. The monoisotopic (exact) mass is 345 g/mol. The number of rotatable bonds is 3. The van der Waals surface area contributed by atoms with E-state index >= 15 is 0 Å². The van der Waals surface area contributed by atoms with Crippen LogP contribution in [0.4, 0.5) is 0 Å². The molecule has 0 aliphatic carbocycles. The van der Waals surface area contributed by atoms with Crippen LogP contribution in [0.1, 0.15) is 59.4 Å². The van der Waals surface area contributed by atoms with Crippen LogP contribution in [0.5, 0.6) is 0 Å². The second kappa shape index (κ2) is 5.95. The van der Waals surface area contributed by atoms with E-state index in [-0.39, 0.29) is 0 Å². The smallest absolute Gasteiger partial charge is 0.0507 e. The molecule has 3 nitrogen and oxygen atoms in total. The van der Waals surface area contributed by atoms with Gasteiger partial charge in [-0.2, -0.15) is 0 Å². The summed E-state index contributed by atoms with van der Waals surface area (Å²) in [7, 11) is 2.32. The van der Waals surface area contributed by atoms with E-state index in [0.29, 0.717) is 12.1 Å². The fraction of sp³-hybridized carbons (Fsp3) is 0.435. The summed E-state index contributed by atoms with van der Waals surface area (Å²) in [4.78, 5) is 7.10. The maximum absolute atomic E-state index is 4.47. The highest BCUT2D eigenvalue weighted by Crippen LogP contribution is 2.53. The molecule has 2 bridgehead atoms. The van der Waals surface area contributed by atoms with Crippen LogP contribution in [0.3, 0.4) is 0 Å². The Kier molecular flexibility index (Phi) is 3.68. The van der Waals surface area contributed by atoms with E-state index in [9.17, 15) is 0 Å². The predicted molar refractivity (Wildman–Crippen MR) is 106 cm³/mol. The molecule has 1 saturated heterocycles. The van der Waals surface area contributed by atoms with Crippen LogP contribution >= 0.6 is 0 Å². The van der Waals surface area contributed by atoms with Crippen molar-refractivity contribution < 1.29 is 0 Å². The van der Waals surface area contributed by atoms with Crippen molar-refractivity contribution in [2.24, 2.45) is 0 Å². The van der Waals surface area contributed by atoms with Crippen molar-refractivity contribution in [2.45, 2.75) is 58.2 Å².